The molecule has 0 radical (unpaired) electrons. The molecule has 1 unspecified atom stereocenters. The average molecular weight is 529 g/mol. The van der Waals surface area contributed by atoms with Crippen LogP contribution in [0.15, 0.2) is 79.2 Å². The topological polar surface area (TPSA) is 107 Å². The summed E-state index contributed by atoms with van der Waals surface area (Å²) in [5, 5.41) is 11.5. The lowest BCUT2D eigenvalue weighted by Crippen LogP contribution is -2.29. The number of ketones is 1. The quantitative estimate of drug-likeness (QED) is 0.188. The van der Waals surface area contributed by atoms with Gasteiger partial charge in [-0.05, 0) is 60.5 Å². The first-order valence-electron chi connectivity index (χ1n) is 12.6. The first kappa shape index (κ1) is 25.8. The van der Waals surface area contributed by atoms with Crippen LogP contribution in [0.3, 0.4) is 0 Å². The van der Waals surface area contributed by atoms with Crippen molar-refractivity contribution in [3.8, 4) is 23.0 Å². The maximum Gasteiger partial charge on any atom is 0.295 e. The highest BCUT2D eigenvalue weighted by molar-refractivity contribution is 6.46. The predicted octanol–water partition coefficient (Wildman–Crippen LogP) is 4.44. The van der Waals surface area contributed by atoms with Crippen LogP contribution in [0.4, 0.5) is 0 Å². The number of aliphatic hydroxyl groups is 1. The molecule has 1 aromatic heterocycles. The van der Waals surface area contributed by atoms with Gasteiger partial charge < -0.3 is 29.0 Å². The SMILES string of the molecule is C=CCOc1ccc(C2/C(=C(\O)c3ccc4c(c3)OCCO4)C(=O)C(=O)N2Cc2ccncc2)cc1OCC. The van der Waals surface area contributed by atoms with Crippen molar-refractivity contribution >= 4 is 17.4 Å². The predicted molar refractivity (Wildman–Crippen MR) is 143 cm³/mol. The van der Waals surface area contributed by atoms with Crippen LogP contribution in [0.25, 0.3) is 5.76 Å². The lowest BCUT2D eigenvalue weighted by Gasteiger charge is -2.26. The summed E-state index contributed by atoms with van der Waals surface area (Å²) < 4.78 is 22.8. The minimum Gasteiger partial charge on any atom is -0.507 e. The Morgan fingerprint density at radius 2 is 1.82 bits per heavy atom. The number of hydrogen-bond donors (Lipinski definition) is 1. The zero-order valence-corrected chi connectivity index (χ0v) is 21.5. The molecule has 200 valence electrons. The normalized spacial score (nSPS) is 17.7. The highest BCUT2D eigenvalue weighted by atomic mass is 16.6. The van der Waals surface area contributed by atoms with E-state index >= 15 is 0 Å². The van der Waals surface area contributed by atoms with Gasteiger partial charge in [0.25, 0.3) is 11.7 Å². The second-order valence-electron chi connectivity index (χ2n) is 8.88. The van der Waals surface area contributed by atoms with Crippen molar-refractivity contribution in [1.29, 1.82) is 0 Å². The maximum absolute atomic E-state index is 13.5. The highest BCUT2D eigenvalue weighted by Crippen LogP contribution is 2.43. The van der Waals surface area contributed by atoms with Crippen LogP contribution in [0.2, 0.25) is 0 Å². The van der Waals surface area contributed by atoms with E-state index in [9.17, 15) is 14.7 Å². The van der Waals surface area contributed by atoms with Gasteiger partial charge in [-0.2, -0.15) is 0 Å². The van der Waals surface area contributed by atoms with Gasteiger partial charge >= 0.3 is 0 Å². The summed E-state index contributed by atoms with van der Waals surface area (Å²) in [4.78, 5) is 32.3. The molecule has 2 aliphatic heterocycles. The van der Waals surface area contributed by atoms with Gasteiger partial charge in [0.2, 0.25) is 0 Å². The Morgan fingerprint density at radius 1 is 1.05 bits per heavy atom. The molecule has 0 bridgehead atoms. The van der Waals surface area contributed by atoms with Gasteiger partial charge in [0, 0.05) is 24.5 Å². The molecule has 9 nitrogen and oxygen atoms in total. The second kappa shape index (κ2) is 11.3. The van der Waals surface area contributed by atoms with Crippen LogP contribution < -0.4 is 18.9 Å². The third kappa shape index (κ3) is 5.16. The molecule has 2 aromatic carbocycles. The smallest absolute Gasteiger partial charge is 0.295 e. The number of carbonyl (C=O) groups is 2. The van der Waals surface area contributed by atoms with E-state index in [4.69, 9.17) is 18.9 Å². The Bertz CT molecular complexity index is 1430. The number of fused-ring (bicyclic) bond motifs is 1. The maximum atomic E-state index is 13.5. The van der Waals surface area contributed by atoms with E-state index < -0.39 is 17.7 Å². The molecule has 0 spiro atoms. The lowest BCUT2D eigenvalue weighted by molar-refractivity contribution is -0.140. The molecule has 5 rings (SSSR count). The summed E-state index contributed by atoms with van der Waals surface area (Å²) in [6.07, 6.45) is 4.87. The van der Waals surface area contributed by atoms with E-state index in [1.807, 2.05) is 6.92 Å². The van der Waals surface area contributed by atoms with E-state index in [0.717, 1.165) is 5.56 Å². The number of amides is 1. The van der Waals surface area contributed by atoms with Crippen LogP contribution in [0.1, 0.15) is 29.7 Å². The summed E-state index contributed by atoms with van der Waals surface area (Å²) in [6.45, 7) is 7.11. The fourth-order valence-corrected chi connectivity index (χ4v) is 4.65. The molecule has 0 aliphatic carbocycles. The van der Waals surface area contributed by atoms with Crippen molar-refractivity contribution in [3.63, 3.8) is 0 Å². The van der Waals surface area contributed by atoms with E-state index in [2.05, 4.69) is 11.6 Å². The van der Waals surface area contributed by atoms with Gasteiger partial charge in [0.05, 0.1) is 18.2 Å². The second-order valence-corrected chi connectivity index (χ2v) is 8.88. The molecular weight excluding hydrogens is 500 g/mol. The Labute approximate surface area is 225 Å². The number of carbonyl (C=O) groups excluding carboxylic acids is 2. The molecule has 3 heterocycles. The summed E-state index contributed by atoms with van der Waals surface area (Å²) in [6, 6.07) is 12.8. The summed E-state index contributed by atoms with van der Waals surface area (Å²) in [5.74, 6) is 0.132. The third-order valence-electron chi connectivity index (χ3n) is 6.40. The Hall–Kier alpha value is -4.79. The number of Topliss-reactive ketones (excluding diaryl/α,β-unsaturated/α-hetero) is 1. The molecule has 0 saturated carbocycles. The molecule has 2 aliphatic rings. The van der Waals surface area contributed by atoms with Crippen molar-refractivity contribution in [1.82, 2.24) is 9.88 Å². The van der Waals surface area contributed by atoms with Gasteiger partial charge in [-0.1, -0.05) is 18.7 Å². The number of ether oxygens (including phenoxy) is 4. The number of aromatic nitrogens is 1. The number of nitrogens with zero attached hydrogens (tertiary/aromatic N) is 2. The first-order chi connectivity index (χ1) is 19.0. The minimum atomic E-state index is -0.890. The summed E-state index contributed by atoms with van der Waals surface area (Å²) >= 11 is 0. The van der Waals surface area contributed by atoms with Crippen molar-refractivity contribution in [2.75, 3.05) is 26.4 Å². The molecular formula is C30H28N2O7. The fourth-order valence-electron chi connectivity index (χ4n) is 4.65. The zero-order chi connectivity index (χ0) is 27.4. The van der Waals surface area contributed by atoms with Crippen LogP contribution in [-0.2, 0) is 16.1 Å². The largest absolute Gasteiger partial charge is 0.507 e. The van der Waals surface area contributed by atoms with Crippen LogP contribution in [-0.4, -0.2) is 53.1 Å². The van der Waals surface area contributed by atoms with Crippen LogP contribution in [0, 0.1) is 0 Å². The highest BCUT2D eigenvalue weighted by Gasteiger charge is 2.46. The van der Waals surface area contributed by atoms with E-state index in [1.54, 1.807) is 67.0 Å². The van der Waals surface area contributed by atoms with Gasteiger partial charge in [-0.25, -0.2) is 0 Å². The molecule has 1 fully saturated rings. The van der Waals surface area contributed by atoms with E-state index in [1.165, 1.54) is 4.90 Å². The number of benzene rings is 2. The van der Waals surface area contributed by atoms with Gasteiger partial charge in [0.15, 0.2) is 23.0 Å². The summed E-state index contributed by atoms with van der Waals surface area (Å²) in [7, 11) is 0. The molecule has 39 heavy (non-hydrogen) atoms. The number of pyridine rings is 1. The molecule has 9 heteroatoms. The minimum absolute atomic E-state index is 0.0343. The number of likely N-dealkylation sites (tertiary alicyclic amines) is 1. The average Bonchev–Trinajstić information content (AvgIpc) is 3.21. The Morgan fingerprint density at radius 3 is 2.56 bits per heavy atom. The van der Waals surface area contributed by atoms with Crippen molar-refractivity contribution in [2.24, 2.45) is 0 Å². The first-order valence-corrected chi connectivity index (χ1v) is 12.6. The van der Waals surface area contributed by atoms with Gasteiger partial charge in [0.1, 0.15) is 25.6 Å². The molecule has 1 amide bonds. The van der Waals surface area contributed by atoms with E-state index in [-0.39, 0.29) is 24.5 Å². The molecule has 1 N–H and O–H groups in total. The van der Waals surface area contributed by atoms with Crippen molar-refractivity contribution in [2.45, 2.75) is 19.5 Å². The zero-order valence-electron chi connectivity index (χ0n) is 21.5. The number of hydrogen-bond acceptors (Lipinski definition) is 8. The number of rotatable bonds is 9. The van der Waals surface area contributed by atoms with Crippen molar-refractivity contribution in [3.05, 3.63) is 95.8 Å². The third-order valence-corrected chi connectivity index (χ3v) is 6.40. The van der Waals surface area contributed by atoms with Crippen molar-refractivity contribution < 1.29 is 33.6 Å². The van der Waals surface area contributed by atoms with Crippen LogP contribution >= 0.6 is 0 Å². The Balaban J connectivity index is 1.64. The molecule has 3 aromatic rings. The lowest BCUT2D eigenvalue weighted by atomic mass is 9.94. The van der Waals surface area contributed by atoms with E-state index in [0.29, 0.717) is 53.9 Å². The van der Waals surface area contributed by atoms with Crippen LogP contribution in [0.5, 0.6) is 23.0 Å². The standard InChI is InChI=1S/C30H28N2O7/c1-3-13-37-22-7-5-20(16-24(22)36-4-2)27-26(28(33)21-6-8-23-25(17-21)39-15-14-38-23)29(34)30(35)32(27)18-19-9-11-31-12-10-19/h3,5-12,16-17,27,33H,1,4,13-15,18H2,2H3/b28-26+. The van der Waals surface area contributed by atoms with Gasteiger partial charge in [-0.15, -0.1) is 0 Å². The molecule has 1 saturated heterocycles. The Kier molecular flexibility index (Phi) is 7.49. The number of aliphatic hydroxyl groups excluding tert-OH is 1. The fraction of sp³-hybridized carbons (Fsp3) is 0.233. The van der Waals surface area contributed by atoms with Gasteiger partial charge in [-0.3, -0.25) is 14.6 Å². The monoisotopic (exact) mass is 528 g/mol. The molecule has 1 atom stereocenters. The summed E-state index contributed by atoms with van der Waals surface area (Å²) in [5.41, 5.74) is 1.67.